The summed E-state index contributed by atoms with van der Waals surface area (Å²) in [6.07, 6.45) is 7.32. The van der Waals surface area contributed by atoms with Crippen molar-refractivity contribution in [3.63, 3.8) is 0 Å². The van der Waals surface area contributed by atoms with Crippen LogP contribution in [0.5, 0.6) is 0 Å². The van der Waals surface area contributed by atoms with E-state index < -0.39 is 0 Å². The highest BCUT2D eigenvalue weighted by atomic mass is 16.5. The Kier molecular flexibility index (Phi) is 4.18. The third kappa shape index (κ3) is 4.10. The van der Waals surface area contributed by atoms with Crippen LogP contribution in [0.2, 0.25) is 0 Å². The van der Waals surface area contributed by atoms with Gasteiger partial charge in [0, 0.05) is 18.5 Å². The summed E-state index contributed by atoms with van der Waals surface area (Å²) < 4.78 is 5.69. The number of carbonyl (C=O) groups excluding carboxylic acids is 1. The lowest BCUT2D eigenvalue weighted by Gasteiger charge is -2.26. The summed E-state index contributed by atoms with van der Waals surface area (Å²) in [6, 6.07) is 0.818. The molecule has 1 amide bonds. The Hall–Kier alpha value is -0.610. The number of hydrogen-bond donors (Lipinski definition) is 2. The standard InChI is InChI=1S/C12H22N2O2/c13-9-1-5-11(6-2-9)16-8-7-12(15)14-10-3-4-10/h9-11H,1-8,13H2,(H,14,15). The van der Waals surface area contributed by atoms with E-state index in [2.05, 4.69) is 5.32 Å². The third-order valence-electron chi connectivity index (χ3n) is 3.34. The molecule has 0 heterocycles. The van der Waals surface area contributed by atoms with Gasteiger partial charge in [0.1, 0.15) is 0 Å². The van der Waals surface area contributed by atoms with Crippen LogP contribution in [0.15, 0.2) is 0 Å². The van der Waals surface area contributed by atoms with Gasteiger partial charge >= 0.3 is 0 Å². The Labute approximate surface area is 96.9 Å². The Balaban J connectivity index is 1.51. The van der Waals surface area contributed by atoms with Gasteiger partial charge in [0.2, 0.25) is 5.91 Å². The molecular weight excluding hydrogens is 204 g/mol. The molecule has 0 aromatic heterocycles. The smallest absolute Gasteiger partial charge is 0.222 e. The second-order valence-corrected chi connectivity index (χ2v) is 5.00. The predicted molar refractivity (Wildman–Crippen MR) is 62.0 cm³/mol. The fraction of sp³-hybridized carbons (Fsp3) is 0.917. The van der Waals surface area contributed by atoms with Crippen LogP contribution in [0.1, 0.15) is 44.9 Å². The van der Waals surface area contributed by atoms with E-state index in [0.717, 1.165) is 38.5 Å². The maximum Gasteiger partial charge on any atom is 0.222 e. The van der Waals surface area contributed by atoms with E-state index in [1.165, 1.54) is 0 Å². The molecule has 2 rings (SSSR count). The quantitative estimate of drug-likeness (QED) is 0.733. The fourth-order valence-electron chi connectivity index (χ4n) is 2.10. The number of hydrogen-bond acceptors (Lipinski definition) is 3. The highest BCUT2D eigenvalue weighted by molar-refractivity contribution is 5.76. The molecule has 2 fully saturated rings. The van der Waals surface area contributed by atoms with Crippen molar-refractivity contribution in [1.82, 2.24) is 5.32 Å². The first-order valence-corrected chi connectivity index (χ1v) is 6.40. The largest absolute Gasteiger partial charge is 0.378 e. The van der Waals surface area contributed by atoms with Crippen molar-refractivity contribution in [2.45, 2.75) is 63.1 Å². The van der Waals surface area contributed by atoms with Gasteiger partial charge in [-0.2, -0.15) is 0 Å². The average Bonchev–Trinajstić information content (AvgIpc) is 3.05. The van der Waals surface area contributed by atoms with Gasteiger partial charge in [0.25, 0.3) is 0 Å². The summed E-state index contributed by atoms with van der Waals surface area (Å²) >= 11 is 0. The summed E-state index contributed by atoms with van der Waals surface area (Å²) in [5, 5.41) is 2.96. The lowest BCUT2D eigenvalue weighted by atomic mass is 9.94. The highest BCUT2D eigenvalue weighted by Crippen LogP contribution is 2.20. The zero-order valence-corrected chi connectivity index (χ0v) is 9.78. The van der Waals surface area contributed by atoms with Crippen molar-refractivity contribution in [3.05, 3.63) is 0 Å². The molecule has 0 radical (unpaired) electrons. The van der Waals surface area contributed by atoms with Crippen molar-refractivity contribution in [2.24, 2.45) is 5.73 Å². The van der Waals surface area contributed by atoms with E-state index in [1.807, 2.05) is 0 Å². The second kappa shape index (κ2) is 5.64. The van der Waals surface area contributed by atoms with Crippen LogP contribution in [0.25, 0.3) is 0 Å². The first-order valence-electron chi connectivity index (χ1n) is 6.40. The van der Waals surface area contributed by atoms with Gasteiger partial charge in [-0.1, -0.05) is 0 Å². The van der Waals surface area contributed by atoms with E-state index in [0.29, 0.717) is 31.2 Å². The van der Waals surface area contributed by atoms with Crippen molar-refractivity contribution in [3.8, 4) is 0 Å². The van der Waals surface area contributed by atoms with Crippen molar-refractivity contribution in [1.29, 1.82) is 0 Å². The average molecular weight is 226 g/mol. The van der Waals surface area contributed by atoms with E-state index in [4.69, 9.17) is 10.5 Å². The summed E-state index contributed by atoms with van der Waals surface area (Å²) in [4.78, 5) is 11.4. The monoisotopic (exact) mass is 226 g/mol. The van der Waals surface area contributed by atoms with Gasteiger partial charge in [0.15, 0.2) is 0 Å². The number of rotatable bonds is 5. The topological polar surface area (TPSA) is 64.3 Å². The van der Waals surface area contributed by atoms with E-state index in [-0.39, 0.29) is 5.91 Å². The van der Waals surface area contributed by atoms with Gasteiger partial charge < -0.3 is 15.8 Å². The molecule has 92 valence electrons. The number of nitrogens with two attached hydrogens (primary N) is 1. The predicted octanol–water partition coefficient (Wildman–Crippen LogP) is 0.942. The maximum absolute atomic E-state index is 11.4. The van der Waals surface area contributed by atoms with Gasteiger partial charge in [-0.05, 0) is 38.5 Å². The number of nitrogens with one attached hydrogen (secondary N) is 1. The first kappa shape index (κ1) is 11.9. The minimum atomic E-state index is 0.134. The summed E-state index contributed by atoms with van der Waals surface area (Å²) in [5.41, 5.74) is 5.82. The lowest BCUT2D eigenvalue weighted by molar-refractivity contribution is -0.122. The Bertz CT molecular complexity index is 233. The molecular formula is C12H22N2O2. The minimum absolute atomic E-state index is 0.134. The SMILES string of the molecule is NC1CCC(OCCC(=O)NC2CC2)CC1. The molecule has 3 N–H and O–H groups in total. The summed E-state index contributed by atoms with van der Waals surface area (Å²) in [6.45, 7) is 0.554. The third-order valence-corrected chi connectivity index (χ3v) is 3.34. The van der Waals surface area contributed by atoms with E-state index >= 15 is 0 Å². The van der Waals surface area contributed by atoms with Crippen molar-refractivity contribution in [2.75, 3.05) is 6.61 Å². The molecule has 2 aliphatic carbocycles. The van der Waals surface area contributed by atoms with Crippen LogP contribution in [0, 0.1) is 0 Å². The summed E-state index contributed by atoms with van der Waals surface area (Å²) in [5.74, 6) is 0.134. The minimum Gasteiger partial charge on any atom is -0.378 e. The van der Waals surface area contributed by atoms with Gasteiger partial charge in [-0.3, -0.25) is 4.79 Å². The van der Waals surface area contributed by atoms with Gasteiger partial charge in [-0.25, -0.2) is 0 Å². The van der Waals surface area contributed by atoms with Crippen LogP contribution in [-0.4, -0.2) is 30.7 Å². The molecule has 0 saturated heterocycles. The van der Waals surface area contributed by atoms with E-state index in [1.54, 1.807) is 0 Å². The fourth-order valence-corrected chi connectivity index (χ4v) is 2.10. The molecule has 4 heteroatoms. The number of carbonyl (C=O) groups is 1. The molecule has 2 aliphatic rings. The molecule has 16 heavy (non-hydrogen) atoms. The lowest BCUT2D eigenvalue weighted by Crippen LogP contribution is -2.31. The number of ether oxygens (including phenoxy) is 1. The molecule has 0 atom stereocenters. The second-order valence-electron chi connectivity index (χ2n) is 5.00. The molecule has 2 saturated carbocycles. The number of amides is 1. The van der Waals surface area contributed by atoms with Crippen LogP contribution >= 0.6 is 0 Å². The molecule has 0 spiro atoms. The normalized spacial score (nSPS) is 30.1. The molecule has 0 bridgehead atoms. The van der Waals surface area contributed by atoms with Crippen molar-refractivity contribution >= 4 is 5.91 Å². The Morgan fingerprint density at radius 1 is 1.19 bits per heavy atom. The molecule has 0 unspecified atom stereocenters. The maximum atomic E-state index is 11.4. The van der Waals surface area contributed by atoms with Crippen LogP contribution in [0.3, 0.4) is 0 Å². The zero-order valence-electron chi connectivity index (χ0n) is 9.78. The highest BCUT2D eigenvalue weighted by Gasteiger charge is 2.23. The van der Waals surface area contributed by atoms with Gasteiger partial charge in [-0.15, -0.1) is 0 Å². The Morgan fingerprint density at radius 3 is 2.50 bits per heavy atom. The van der Waals surface area contributed by atoms with Crippen LogP contribution in [-0.2, 0) is 9.53 Å². The van der Waals surface area contributed by atoms with E-state index in [9.17, 15) is 4.79 Å². The zero-order chi connectivity index (χ0) is 11.4. The molecule has 4 nitrogen and oxygen atoms in total. The molecule has 0 aliphatic heterocycles. The van der Waals surface area contributed by atoms with Gasteiger partial charge in [0.05, 0.1) is 12.7 Å². The first-order chi connectivity index (χ1) is 7.74. The molecule has 0 aromatic rings. The van der Waals surface area contributed by atoms with Crippen LogP contribution < -0.4 is 11.1 Å². The summed E-state index contributed by atoms with van der Waals surface area (Å²) in [7, 11) is 0. The molecule has 0 aromatic carbocycles. The van der Waals surface area contributed by atoms with Crippen molar-refractivity contribution < 1.29 is 9.53 Å². The Morgan fingerprint density at radius 2 is 1.88 bits per heavy atom. The van der Waals surface area contributed by atoms with Crippen LogP contribution in [0.4, 0.5) is 0 Å².